The highest BCUT2D eigenvalue weighted by atomic mass is 16.1. The quantitative estimate of drug-likeness (QED) is 0.841. The third kappa shape index (κ3) is 2.78. The normalized spacial score (nSPS) is 15.6. The van der Waals surface area contributed by atoms with Crippen molar-refractivity contribution >= 4 is 11.6 Å². The third-order valence-corrected chi connectivity index (χ3v) is 3.30. The van der Waals surface area contributed by atoms with E-state index in [0.717, 1.165) is 31.4 Å². The fraction of sp³-hybridized carbons (Fsp3) is 0.500. The second-order valence-electron chi connectivity index (χ2n) is 4.69. The van der Waals surface area contributed by atoms with Gasteiger partial charge in [-0.25, -0.2) is 0 Å². The summed E-state index contributed by atoms with van der Waals surface area (Å²) in [4.78, 5) is 12.0. The van der Waals surface area contributed by atoms with Gasteiger partial charge in [0.15, 0.2) is 0 Å². The SMILES string of the molecule is CCC(C)NC(=O)c1ccc2c(c1)CCCN2. The molecular weight excluding hydrogens is 212 g/mol. The molecule has 0 saturated carbocycles. The van der Waals surface area contributed by atoms with Gasteiger partial charge in [0.05, 0.1) is 0 Å². The van der Waals surface area contributed by atoms with Crippen LogP contribution in [0.1, 0.15) is 42.6 Å². The number of carbonyl (C=O) groups is 1. The number of aryl methyl sites for hydroxylation is 1. The van der Waals surface area contributed by atoms with Crippen molar-refractivity contribution in [3.8, 4) is 0 Å². The fourth-order valence-electron chi connectivity index (χ4n) is 2.03. The monoisotopic (exact) mass is 232 g/mol. The van der Waals surface area contributed by atoms with Crippen LogP contribution in [0.25, 0.3) is 0 Å². The number of anilines is 1. The highest BCUT2D eigenvalue weighted by molar-refractivity contribution is 5.95. The first-order chi connectivity index (χ1) is 8.20. The fourth-order valence-corrected chi connectivity index (χ4v) is 2.03. The molecule has 1 aromatic rings. The Morgan fingerprint density at radius 3 is 3.12 bits per heavy atom. The molecule has 3 nitrogen and oxygen atoms in total. The Labute approximate surface area is 103 Å². The molecular formula is C14H20N2O. The lowest BCUT2D eigenvalue weighted by atomic mass is 10.0. The number of benzene rings is 1. The van der Waals surface area contributed by atoms with Crippen molar-refractivity contribution in [2.24, 2.45) is 0 Å². The van der Waals surface area contributed by atoms with E-state index in [0.29, 0.717) is 0 Å². The van der Waals surface area contributed by atoms with Gasteiger partial charge in [0.25, 0.3) is 5.91 Å². The Kier molecular flexibility index (Phi) is 3.67. The van der Waals surface area contributed by atoms with Gasteiger partial charge in [0, 0.05) is 23.8 Å². The number of fused-ring (bicyclic) bond motifs is 1. The van der Waals surface area contributed by atoms with E-state index in [1.807, 2.05) is 25.1 Å². The van der Waals surface area contributed by atoms with Crippen molar-refractivity contribution in [1.82, 2.24) is 5.32 Å². The maximum atomic E-state index is 12.0. The van der Waals surface area contributed by atoms with Crippen molar-refractivity contribution < 1.29 is 4.79 Å². The molecule has 1 aromatic carbocycles. The lowest BCUT2D eigenvalue weighted by Crippen LogP contribution is -2.32. The number of nitrogens with one attached hydrogen (secondary N) is 2. The van der Waals surface area contributed by atoms with Crippen LogP contribution in [0, 0.1) is 0 Å². The molecule has 1 heterocycles. The highest BCUT2D eigenvalue weighted by Gasteiger charge is 2.13. The highest BCUT2D eigenvalue weighted by Crippen LogP contribution is 2.22. The molecule has 1 aliphatic heterocycles. The molecule has 0 saturated heterocycles. The van der Waals surface area contributed by atoms with Gasteiger partial charge in [-0.2, -0.15) is 0 Å². The number of hydrogen-bond acceptors (Lipinski definition) is 2. The Morgan fingerprint density at radius 1 is 1.53 bits per heavy atom. The molecule has 0 spiro atoms. The summed E-state index contributed by atoms with van der Waals surface area (Å²) in [6, 6.07) is 6.16. The average Bonchev–Trinajstić information content (AvgIpc) is 2.38. The lowest BCUT2D eigenvalue weighted by molar-refractivity contribution is 0.0939. The summed E-state index contributed by atoms with van der Waals surface area (Å²) in [6.07, 6.45) is 3.16. The molecule has 1 amide bonds. The first-order valence-electron chi connectivity index (χ1n) is 6.38. The average molecular weight is 232 g/mol. The maximum absolute atomic E-state index is 12.0. The van der Waals surface area contributed by atoms with Gasteiger partial charge >= 0.3 is 0 Å². The van der Waals surface area contributed by atoms with Gasteiger partial charge in [0.1, 0.15) is 0 Å². The Bertz CT molecular complexity index is 415. The van der Waals surface area contributed by atoms with Crippen LogP contribution in [0.2, 0.25) is 0 Å². The molecule has 0 aromatic heterocycles. The van der Waals surface area contributed by atoms with E-state index in [-0.39, 0.29) is 11.9 Å². The minimum absolute atomic E-state index is 0.0349. The van der Waals surface area contributed by atoms with E-state index in [1.165, 1.54) is 11.3 Å². The zero-order valence-electron chi connectivity index (χ0n) is 10.5. The van der Waals surface area contributed by atoms with Crippen LogP contribution in [0.4, 0.5) is 5.69 Å². The van der Waals surface area contributed by atoms with Gasteiger partial charge in [-0.05, 0) is 49.9 Å². The van der Waals surface area contributed by atoms with Crippen LogP contribution < -0.4 is 10.6 Å². The van der Waals surface area contributed by atoms with Gasteiger partial charge in [0.2, 0.25) is 0 Å². The molecule has 0 radical (unpaired) electrons. The molecule has 1 unspecified atom stereocenters. The summed E-state index contributed by atoms with van der Waals surface area (Å²) in [5.41, 5.74) is 3.21. The number of rotatable bonds is 3. The van der Waals surface area contributed by atoms with E-state index in [1.54, 1.807) is 0 Å². The van der Waals surface area contributed by atoms with Crippen molar-refractivity contribution in [3.05, 3.63) is 29.3 Å². The van der Waals surface area contributed by atoms with Gasteiger partial charge in [-0.3, -0.25) is 4.79 Å². The Hall–Kier alpha value is -1.51. The molecule has 1 atom stereocenters. The second kappa shape index (κ2) is 5.21. The minimum Gasteiger partial charge on any atom is -0.385 e. The Morgan fingerprint density at radius 2 is 2.35 bits per heavy atom. The van der Waals surface area contributed by atoms with Crippen LogP contribution >= 0.6 is 0 Å². The van der Waals surface area contributed by atoms with E-state index in [4.69, 9.17) is 0 Å². The van der Waals surface area contributed by atoms with E-state index in [9.17, 15) is 4.79 Å². The topological polar surface area (TPSA) is 41.1 Å². The van der Waals surface area contributed by atoms with E-state index >= 15 is 0 Å². The van der Waals surface area contributed by atoms with Crippen molar-refractivity contribution in [1.29, 1.82) is 0 Å². The summed E-state index contributed by atoms with van der Waals surface area (Å²) >= 11 is 0. The molecule has 92 valence electrons. The van der Waals surface area contributed by atoms with Gasteiger partial charge in [-0.15, -0.1) is 0 Å². The zero-order valence-corrected chi connectivity index (χ0v) is 10.5. The largest absolute Gasteiger partial charge is 0.385 e. The van der Waals surface area contributed by atoms with Crippen molar-refractivity contribution in [3.63, 3.8) is 0 Å². The Balaban J connectivity index is 2.13. The molecule has 2 N–H and O–H groups in total. The second-order valence-corrected chi connectivity index (χ2v) is 4.69. The van der Waals surface area contributed by atoms with Crippen LogP contribution in [-0.2, 0) is 6.42 Å². The van der Waals surface area contributed by atoms with Crippen LogP contribution in [0.5, 0.6) is 0 Å². The minimum atomic E-state index is 0.0349. The molecule has 17 heavy (non-hydrogen) atoms. The zero-order chi connectivity index (χ0) is 12.3. The molecule has 0 aliphatic carbocycles. The van der Waals surface area contributed by atoms with E-state index in [2.05, 4.69) is 17.6 Å². The van der Waals surface area contributed by atoms with Crippen LogP contribution in [0.3, 0.4) is 0 Å². The number of carbonyl (C=O) groups excluding carboxylic acids is 1. The van der Waals surface area contributed by atoms with Gasteiger partial charge in [-0.1, -0.05) is 6.92 Å². The van der Waals surface area contributed by atoms with E-state index < -0.39 is 0 Å². The first-order valence-corrected chi connectivity index (χ1v) is 6.38. The van der Waals surface area contributed by atoms with Crippen LogP contribution in [-0.4, -0.2) is 18.5 Å². The summed E-state index contributed by atoms with van der Waals surface area (Å²) in [6.45, 7) is 5.13. The number of hydrogen-bond donors (Lipinski definition) is 2. The lowest BCUT2D eigenvalue weighted by Gasteiger charge is -2.19. The molecule has 3 heteroatoms. The van der Waals surface area contributed by atoms with Crippen molar-refractivity contribution in [2.45, 2.75) is 39.2 Å². The maximum Gasteiger partial charge on any atom is 0.251 e. The third-order valence-electron chi connectivity index (χ3n) is 3.30. The van der Waals surface area contributed by atoms with Crippen molar-refractivity contribution in [2.75, 3.05) is 11.9 Å². The molecule has 0 fully saturated rings. The first kappa shape index (κ1) is 12.0. The predicted molar refractivity (Wildman–Crippen MR) is 70.5 cm³/mol. The summed E-state index contributed by atoms with van der Waals surface area (Å²) in [7, 11) is 0. The molecule has 2 rings (SSSR count). The summed E-state index contributed by atoms with van der Waals surface area (Å²) in [5.74, 6) is 0.0349. The predicted octanol–water partition coefficient (Wildman–Crippen LogP) is 2.57. The number of amides is 1. The molecule has 1 aliphatic rings. The summed E-state index contributed by atoms with van der Waals surface area (Å²) in [5, 5.41) is 6.34. The summed E-state index contributed by atoms with van der Waals surface area (Å²) < 4.78 is 0. The van der Waals surface area contributed by atoms with Gasteiger partial charge < -0.3 is 10.6 Å². The standard InChI is InChI=1S/C14H20N2O/c1-3-10(2)16-14(17)12-6-7-13-11(9-12)5-4-8-15-13/h6-7,9-10,15H,3-5,8H2,1-2H3,(H,16,17). The van der Waals surface area contributed by atoms with Crippen LogP contribution in [0.15, 0.2) is 18.2 Å². The smallest absolute Gasteiger partial charge is 0.251 e. The molecule has 0 bridgehead atoms.